The zero-order valence-electron chi connectivity index (χ0n) is 3.75. The molecule has 1 heterocycles. The van der Waals surface area contributed by atoms with Crippen molar-refractivity contribution in [2.45, 2.75) is 0 Å². The van der Waals surface area contributed by atoms with E-state index in [1.54, 1.807) is 0 Å². The van der Waals surface area contributed by atoms with E-state index in [-0.39, 0.29) is 24.8 Å². The van der Waals surface area contributed by atoms with Crippen molar-refractivity contribution in [3.63, 3.8) is 0 Å². The Bertz CT molecular complexity index is 22.5. The maximum atomic E-state index is 2.99. The Morgan fingerprint density at radius 2 is 1.43 bits per heavy atom. The van der Waals surface area contributed by atoms with Crippen molar-refractivity contribution in [1.82, 2.24) is 10.9 Å². The molecule has 1 aliphatic rings. The van der Waals surface area contributed by atoms with Crippen LogP contribution in [-0.2, 0) is 0 Å². The van der Waals surface area contributed by atoms with Gasteiger partial charge in [0.15, 0.2) is 0 Å². The summed E-state index contributed by atoms with van der Waals surface area (Å²) in [5.41, 5.74) is 7.83. The summed E-state index contributed by atoms with van der Waals surface area (Å²) in [6, 6.07) is 0. The molecular weight excluding hydrogens is 137 g/mol. The molecule has 0 atom stereocenters. The van der Waals surface area contributed by atoms with Crippen molar-refractivity contribution in [3.05, 3.63) is 0 Å². The Hall–Kier alpha value is 0.460. The standard InChI is InChI=1S/C2H7N3.2ClH/c1-2-4-5-3-1;;/h3-5H,1-2H2;2*1H/p-1. The molecule has 0 unspecified atom stereocenters. The van der Waals surface area contributed by atoms with Gasteiger partial charge in [0.2, 0.25) is 0 Å². The van der Waals surface area contributed by atoms with E-state index in [9.17, 15) is 0 Å². The van der Waals surface area contributed by atoms with Gasteiger partial charge in [-0.05, 0) is 0 Å². The highest BCUT2D eigenvalue weighted by molar-refractivity contribution is 4.34. The fourth-order valence-electron chi connectivity index (χ4n) is 0.361. The molecule has 0 bridgehead atoms. The number of halogens is 2. The third-order valence-electron chi connectivity index (χ3n) is 0.618. The SMILES string of the molecule is C1CN[NH2+]N1.[Cl-].[Cl-]. The first kappa shape index (κ1) is 10.4. The van der Waals surface area contributed by atoms with E-state index in [0.717, 1.165) is 13.1 Å². The molecule has 0 amide bonds. The van der Waals surface area contributed by atoms with Gasteiger partial charge in [-0.1, -0.05) is 0 Å². The van der Waals surface area contributed by atoms with Gasteiger partial charge >= 0.3 is 0 Å². The molecule has 4 N–H and O–H groups in total. The summed E-state index contributed by atoms with van der Waals surface area (Å²) in [7, 11) is 0. The van der Waals surface area contributed by atoms with Crippen LogP contribution in [0.2, 0.25) is 0 Å². The second kappa shape index (κ2) is 6.46. The smallest absolute Gasteiger partial charge is 0.0641 e. The first-order chi connectivity index (χ1) is 2.50. The van der Waals surface area contributed by atoms with E-state index in [0.29, 0.717) is 0 Å². The molecule has 5 heteroatoms. The summed E-state index contributed by atoms with van der Waals surface area (Å²) in [6.45, 7) is 2.17. The zero-order valence-corrected chi connectivity index (χ0v) is 5.26. The maximum absolute atomic E-state index is 2.99. The topological polar surface area (TPSA) is 40.7 Å². The molecule has 0 saturated carbocycles. The summed E-state index contributed by atoms with van der Waals surface area (Å²) in [6.07, 6.45) is 0. The van der Waals surface area contributed by atoms with Crippen molar-refractivity contribution in [2.75, 3.05) is 13.1 Å². The predicted octanol–water partition coefficient (Wildman–Crippen LogP) is -8.42. The van der Waals surface area contributed by atoms with Crippen LogP contribution >= 0.6 is 0 Å². The molecule has 0 aromatic heterocycles. The monoisotopic (exact) mass is 144 g/mol. The first-order valence-electron chi connectivity index (χ1n) is 1.78. The summed E-state index contributed by atoms with van der Waals surface area (Å²) in [5, 5.41) is 0. The second-order valence-electron chi connectivity index (χ2n) is 1.05. The van der Waals surface area contributed by atoms with Crippen LogP contribution in [-0.4, -0.2) is 13.1 Å². The van der Waals surface area contributed by atoms with Crippen molar-refractivity contribution in [3.8, 4) is 0 Å². The van der Waals surface area contributed by atoms with E-state index < -0.39 is 0 Å². The quantitative estimate of drug-likeness (QED) is 0.296. The highest BCUT2D eigenvalue weighted by Crippen LogP contribution is 1.44. The number of quaternary nitrogens is 1. The van der Waals surface area contributed by atoms with E-state index in [4.69, 9.17) is 0 Å². The van der Waals surface area contributed by atoms with Gasteiger partial charge in [0.25, 0.3) is 0 Å². The highest BCUT2D eigenvalue weighted by Gasteiger charge is 1.94. The molecule has 1 fully saturated rings. The minimum absolute atomic E-state index is 0. The van der Waals surface area contributed by atoms with Gasteiger partial charge in [-0.15, -0.1) is 0 Å². The Morgan fingerprint density at radius 1 is 1.00 bits per heavy atom. The summed E-state index contributed by atoms with van der Waals surface area (Å²) in [5.74, 6) is 0. The molecule has 0 aromatic carbocycles. The van der Waals surface area contributed by atoms with Crippen LogP contribution in [0.15, 0.2) is 0 Å². The molecular formula is C2H8Cl2N3-. The molecule has 0 aliphatic carbocycles. The van der Waals surface area contributed by atoms with Crippen LogP contribution in [0.3, 0.4) is 0 Å². The number of nitrogens with one attached hydrogen (secondary N) is 2. The highest BCUT2D eigenvalue weighted by atomic mass is 35.5. The molecule has 0 aromatic rings. The molecule has 1 aliphatic heterocycles. The molecule has 7 heavy (non-hydrogen) atoms. The van der Waals surface area contributed by atoms with E-state index >= 15 is 0 Å². The fourth-order valence-corrected chi connectivity index (χ4v) is 0.361. The Balaban J connectivity index is 0. The lowest BCUT2D eigenvalue weighted by Gasteiger charge is -1.77. The van der Waals surface area contributed by atoms with Gasteiger partial charge in [-0.3, -0.25) is 0 Å². The Morgan fingerprint density at radius 3 is 1.57 bits per heavy atom. The lowest BCUT2D eigenvalue weighted by atomic mass is 10.7. The predicted molar refractivity (Wildman–Crippen MR) is 17.9 cm³/mol. The molecule has 46 valence electrons. The van der Waals surface area contributed by atoms with Crippen molar-refractivity contribution < 1.29 is 30.3 Å². The van der Waals surface area contributed by atoms with Crippen LogP contribution in [0.5, 0.6) is 0 Å². The van der Waals surface area contributed by atoms with Crippen LogP contribution in [0.25, 0.3) is 0 Å². The van der Waals surface area contributed by atoms with Crippen LogP contribution in [0, 0.1) is 0 Å². The molecule has 1 rings (SSSR count). The minimum atomic E-state index is 0. The second-order valence-corrected chi connectivity index (χ2v) is 1.05. The molecule has 3 nitrogen and oxygen atoms in total. The third-order valence-corrected chi connectivity index (χ3v) is 0.618. The number of rotatable bonds is 0. The average Bonchev–Trinajstić information content (AvgIpc) is 1.76. The number of hydrogen-bond donors (Lipinski definition) is 3. The lowest BCUT2D eigenvalue weighted by Crippen LogP contribution is -3.00. The van der Waals surface area contributed by atoms with E-state index in [1.165, 1.54) is 0 Å². The van der Waals surface area contributed by atoms with Crippen LogP contribution in [0.4, 0.5) is 0 Å². The van der Waals surface area contributed by atoms with Crippen molar-refractivity contribution >= 4 is 0 Å². The Labute approximate surface area is 55.0 Å². The molecule has 0 spiro atoms. The zero-order chi connectivity index (χ0) is 3.54. The summed E-state index contributed by atoms with van der Waals surface area (Å²) < 4.78 is 0. The summed E-state index contributed by atoms with van der Waals surface area (Å²) in [4.78, 5) is 0. The van der Waals surface area contributed by atoms with Crippen molar-refractivity contribution in [2.24, 2.45) is 0 Å². The Kier molecular flexibility index (Phi) is 9.64. The van der Waals surface area contributed by atoms with Gasteiger partial charge in [0.1, 0.15) is 0 Å². The van der Waals surface area contributed by atoms with E-state index in [1.807, 2.05) is 5.53 Å². The lowest BCUT2D eigenvalue weighted by molar-refractivity contribution is -0.742. The minimum Gasteiger partial charge on any atom is -1.00 e. The van der Waals surface area contributed by atoms with Gasteiger partial charge < -0.3 is 24.8 Å². The number of hydrogen-bond acceptors (Lipinski definition) is 2. The normalized spacial score (nSPS) is 17.1. The molecule has 1 saturated heterocycles. The van der Waals surface area contributed by atoms with Crippen molar-refractivity contribution in [1.29, 1.82) is 0 Å². The van der Waals surface area contributed by atoms with E-state index in [2.05, 4.69) is 10.9 Å². The average molecular weight is 145 g/mol. The van der Waals surface area contributed by atoms with Gasteiger partial charge in [0.05, 0.1) is 13.1 Å². The maximum Gasteiger partial charge on any atom is 0.0641 e. The fraction of sp³-hybridized carbons (Fsp3) is 1.00. The van der Waals surface area contributed by atoms with Gasteiger partial charge in [-0.2, -0.15) is 16.4 Å². The molecule has 0 radical (unpaired) electrons. The largest absolute Gasteiger partial charge is 1.00 e. The van der Waals surface area contributed by atoms with Crippen LogP contribution < -0.4 is 41.2 Å². The first-order valence-corrected chi connectivity index (χ1v) is 1.78. The number of nitrogens with two attached hydrogens (primary N) is 1. The summed E-state index contributed by atoms with van der Waals surface area (Å²) >= 11 is 0. The third kappa shape index (κ3) is 4.31. The van der Waals surface area contributed by atoms with Gasteiger partial charge in [0, 0.05) is 0 Å². The van der Waals surface area contributed by atoms with Crippen LogP contribution in [0.1, 0.15) is 0 Å². The van der Waals surface area contributed by atoms with Gasteiger partial charge in [-0.25, -0.2) is 0 Å².